The fourth-order valence-corrected chi connectivity index (χ4v) is 4.61. The first-order valence-corrected chi connectivity index (χ1v) is 11.3. The van der Waals surface area contributed by atoms with Crippen molar-refractivity contribution in [3.63, 3.8) is 0 Å². The fraction of sp³-hybridized carbons (Fsp3) is 0.526. The molecule has 0 radical (unpaired) electrons. The summed E-state index contributed by atoms with van der Waals surface area (Å²) in [5.74, 6) is -0.995. The second kappa shape index (κ2) is 7.75. The number of aryl methyl sites for hydroxylation is 1. The van der Waals surface area contributed by atoms with Crippen molar-refractivity contribution >= 4 is 27.9 Å². The lowest BCUT2D eigenvalue weighted by molar-refractivity contribution is -0.135. The van der Waals surface area contributed by atoms with Crippen LogP contribution in [-0.2, 0) is 25.2 Å². The Morgan fingerprint density at radius 3 is 2.55 bits per heavy atom. The number of benzene rings is 1. The van der Waals surface area contributed by atoms with Crippen LogP contribution in [0.4, 0.5) is 4.79 Å². The Balaban J connectivity index is 1.65. The normalized spacial score (nSPS) is 25.8. The molecule has 0 bridgehead atoms. The van der Waals surface area contributed by atoms with Crippen LogP contribution in [0, 0.1) is 6.92 Å². The molecule has 3 rings (SSSR count). The van der Waals surface area contributed by atoms with Gasteiger partial charge in [0.15, 0.2) is 0 Å². The first-order chi connectivity index (χ1) is 13.5. The summed E-state index contributed by atoms with van der Waals surface area (Å²) in [5.41, 5.74) is 0.435. The highest BCUT2D eigenvalue weighted by Gasteiger charge is 2.49. The van der Waals surface area contributed by atoms with Crippen LogP contribution < -0.4 is 10.6 Å². The zero-order valence-electron chi connectivity index (χ0n) is 16.8. The molecule has 10 heteroatoms. The number of amides is 4. The molecule has 2 N–H and O–H groups in total. The molecule has 2 aliphatic rings. The van der Waals surface area contributed by atoms with Gasteiger partial charge in [-0.15, -0.1) is 0 Å². The Labute approximate surface area is 170 Å². The van der Waals surface area contributed by atoms with E-state index in [1.165, 1.54) is 4.31 Å². The summed E-state index contributed by atoms with van der Waals surface area (Å²) in [6, 6.07) is 6.28. The van der Waals surface area contributed by atoms with Crippen LogP contribution in [0.15, 0.2) is 24.3 Å². The van der Waals surface area contributed by atoms with E-state index in [9.17, 15) is 22.8 Å². The van der Waals surface area contributed by atoms with Gasteiger partial charge in [-0.2, -0.15) is 0 Å². The smallest absolute Gasteiger partial charge is 0.325 e. The van der Waals surface area contributed by atoms with E-state index >= 15 is 0 Å². The predicted octanol–water partition coefficient (Wildman–Crippen LogP) is 0.302. The van der Waals surface area contributed by atoms with Gasteiger partial charge >= 0.3 is 6.03 Å². The SMILES string of the molecule is Cc1ccc(C2(C)NC(=O)N(CC(=O)NC3CCCN(S(C)(=O)=O)C3)C2=O)cc1. The number of imide groups is 1. The van der Waals surface area contributed by atoms with Crippen molar-refractivity contribution in [1.82, 2.24) is 19.8 Å². The number of nitrogens with one attached hydrogen (secondary N) is 2. The molecule has 1 aromatic rings. The van der Waals surface area contributed by atoms with Gasteiger partial charge in [0.25, 0.3) is 5.91 Å². The fourth-order valence-electron chi connectivity index (χ4n) is 3.70. The summed E-state index contributed by atoms with van der Waals surface area (Å²) in [5, 5.41) is 5.42. The lowest BCUT2D eigenvalue weighted by Gasteiger charge is -2.31. The lowest BCUT2D eigenvalue weighted by atomic mass is 9.91. The lowest BCUT2D eigenvalue weighted by Crippen LogP contribution is -2.51. The van der Waals surface area contributed by atoms with Crippen LogP contribution in [0.25, 0.3) is 0 Å². The van der Waals surface area contributed by atoms with Gasteiger partial charge in [0, 0.05) is 19.1 Å². The molecule has 9 nitrogen and oxygen atoms in total. The standard InChI is InChI=1S/C19H26N4O5S/c1-13-6-8-14(9-7-13)19(2)17(25)23(18(26)21-19)12-16(24)20-15-5-4-10-22(11-15)29(3,27)28/h6-9,15H,4-5,10-12H2,1-3H3,(H,20,24)(H,21,26). The highest BCUT2D eigenvalue weighted by molar-refractivity contribution is 7.88. The molecule has 0 aliphatic carbocycles. The minimum atomic E-state index is -3.33. The average molecular weight is 423 g/mol. The second-order valence-electron chi connectivity index (χ2n) is 7.84. The van der Waals surface area contributed by atoms with Crippen molar-refractivity contribution in [3.8, 4) is 0 Å². The highest BCUT2D eigenvalue weighted by Crippen LogP contribution is 2.28. The van der Waals surface area contributed by atoms with E-state index in [0.29, 0.717) is 24.9 Å². The molecule has 2 heterocycles. The summed E-state index contributed by atoms with van der Waals surface area (Å²) in [6.07, 6.45) is 2.40. The Hall–Kier alpha value is -2.46. The minimum absolute atomic E-state index is 0.186. The van der Waals surface area contributed by atoms with E-state index in [0.717, 1.165) is 16.7 Å². The molecule has 0 aromatic heterocycles. The van der Waals surface area contributed by atoms with Crippen LogP contribution >= 0.6 is 0 Å². The Kier molecular flexibility index (Phi) is 5.68. The molecule has 4 amide bonds. The van der Waals surface area contributed by atoms with E-state index in [1.807, 2.05) is 19.1 Å². The molecule has 0 saturated carbocycles. The van der Waals surface area contributed by atoms with Crippen LogP contribution in [-0.4, -0.2) is 67.4 Å². The van der Waals surface area contributed by atoms with Crippen LogP contribution in [0.1, 0.15) is 30.9 Å². The Morgan fingerprint density at radius 1 is 1.28 bits per heavy atom. The van der Waals surface area contributed by atoms with Crippen LogP contribution in [0.5, 0.6) is 0 Å². The van der Waals surface area contributed by atoms with E-state index in [-0.39, 0.29) is 12.6 Å². The van der Waals surface area contributed by atoms with Crippen molar-refractivity contribution in [2.24, 2.45) is 0 Å². The summed E-state index contributed by atoms with van der Waals surface area (Å²) in [6.45, 7) is 3.73. The molecule has 2 aliphatic heterocycles. The minimum Gasteiger partial charge on any atom is -0.350 e. The van der Waals surface area contributed by atoms with Gasteiger partial charge in [-0.05, 0) is 32.3 Å². The summed E-state index contributed by atoms with van der Waals surface area (Å²) in [7, 11) is -3.33. The number of sulfonamides is 1. The molecular formula is C19H26N4O5S. The Morgan fingerprint density at radius 2 is 1.93 bits per heavy atom. The van der Waals surface area contributed by atoms with Crippen molar-refractivity contribution in [1.29, 1.82) is 0 Å². The number of piperidine rings is 1. The molecule has 2 unspecified atom stereocenters. The topological polar surface area (TPSA) is 116 Å². The Bertz CT molecular complexity index is 930. The number of rotatable bonds is 5. The molecule has 2 saturated heterocycles. The van der Waals surface area contributed by atoms with Crippen molar-refractivity contribution < 1.29 is 22.8 Å². The third-order valence-corrected chi connectivity index (χ3v) is 6.69. The van der Waals surface area contributed by atoms with E-state index < -0.39 is 40.0 Å². The summed E-state index contributed by atoms with van der Waals surface area (Å²) in [4.78, 5) is 38.6. The van der Waals surface area contributed by atoms with Gasteiger partial charge in [0.05, 0.1) is 6.26 Å². The first-order valence-electron chi connectivity index (χ1n) is 9.46. The zero-order chi connectivity index (χ0) is 21.4. The zero-order valence-corrected chi connectivity index (χ0v) is 17.6. The molecule has 29 heavy (non-hydrogen) atoms. The monoisotopic (exact) mass is 422 g/mol. The average Bonchev–Trinajstić information content (AvgIpc) is 2.86. The van der Waals surface area contributed by atoms with Crippen molar-refractivity contribution in [2.75, 3.05) is 25.9 Å². The predicted molar refractivity (Wildman–Crippen MR) is 106 cm³/mol. The maximum Gasteiger partial charge on any atom is 0.325 e. The third-order valence-electron chi connectivity index (χ3n) is 5.42. The number of hydrogen-bond donors (Lipinski definition) is 2. The van der Waals surface area contributed by atoms with Gasteiger partial charge < -0.3 is 10.6 Å². The van der Waals surface area contributed by atoms with Crippen LogP contribution in [0.3, 0.4) is 0 Å². The van der Waals surface area contributed by atoms with E-state index in [2.05, 4.69) is 10.6 Å². The quantitative estimate of drug-likeness (QED) is 0.662. The molecule has 0 spiro atoms. The van der Waals surface area contributed by atoms with Gasteiger partial charge in [-0.3, -0.25) is 14.5 Å². The highest BCUT2D eigenvalue weighted by atomic mass is 32.2. The first kappa shape index (κ1) is 21.3. The molecule has 2 fully saturated rings. The van der Waals surface area contributed by atoms with Gasteiger partial charge in [0.1, 0.15) is 12.1 Å². The van der Waals surface area contributed by atoms with Gasteiger partial charge in [-0.1, -0.05) is 29.8 Å². The number of nitrogens with zero attached hydrogens (tertiary/aromatic N) is 2. The second-order valence-corrected chi connectivity index (χ2v) is 9.82. The number of carbonyl (C=O) groups is 3. The van der Waals surface area contributed by atoms with E-state index in [1.54, 1.807) is 19.1 Å². The molecular weight excluding hydrogens is 396 g/mol. The molecule has 158 valence electrons. The third kappa shape index (κ3) is 4.43. The maximum atomic E-state index is 12.9. The van der Waals surface area contributed by atoms with Crippen molar-refractivity contribution in [3.05, 3.63) is 35.4 Å². The largest absolute Gasteiger partial charge is 0.350 e. The van der Waals surface area contributed by atoms with Gasteiger partial charge in [0.2, 0.25) is 15.9 Å². The molecule has 2 atom stereocenters. The van der Waals surface area contributed by atoms with Gasteiger partial charge in [-0.25, -0.2) is 17.5 Å². The number of hydrogen-bond acceptors (Lipinski definition) is 5. The van der Waals surface area contributed by atoms with Crippen LogP contribution in [0.2, 0.25) is 0 Å². The number of urea groups is 1. The van der Waals surface area contributed by atoms with E-state index in [4.69, 9.17) is 0 Å². The maximum absolute atomic E-state index is 12.9. The number of carbonyl (C=O) groups excluding carboxylic acids is 3. The summed E-state index contributed by atoms with van der Waals surface area (Å²) < 4.78 is 24.8. The van der Waals surface area contributed by atoms with Crippen molar-refractivity contribution in [2.45, 2.75) is 38.3 Å². The summed E-state index contributed by atoms with van der Waals surface area (Å²) >= 11 is 0. The molecule has 1 aromatic carbocycles.